The minimum atomic E-state index is -0.201. The third-order valence-electron chi connectivity index (χ3n) is 3.21. The highest BCUT2D eigenvalue weighted by Crippen LogP contribution is 2.40. The number of halogens is 1. The Balaban J connectivity index is 2.07. The van der Waals surface area contributed by atoms with Crippen LogP contribution in [0.1, 0.15) is 25.5 Å². The van der Waals surface area contributed by atoms with Crippen LogP contribution >= 0.6 is 23.5 Å². The number of hydrogen-bond acceptors (Lipinski definition) is 3. The first-order valence-electron chi connectivity index (χ1n) is 5.86. The molecule has 1 heterocycles. The molecule has 1 fully saturated rings. The van der Waals surface area contributed by atoms with Crippen LogP contribution in [0.2, 0.25) is 0 Å². The lowest BCUT2D eigenvalue weighted by Crippen LogP contribution is -2.34. The van der Waals surface area contributed by atoms with Crippen molar-refractivity contribution in [3.63, 3.8) is 0 Å². The summed E-state index contributed by atoms with van der Waals surface area (Å²) >= 11 is 3.90. The fourth-order valence-electron chi connectivity index (χ4n) is 1.92. The van der Waals surface area contributed by atoms with E-state index in [1.807, 2.05) is 29.6 Å². The molecule has 2 N–H and O–H groups in total. The summed E-state index contributed by atoms with van der Waals surface area (Å²) in [6.07, 6.45) is 0. The van der Waals surface area contributed by atoms with E-state index < -0.39 is 0 Å². The van der Waals surface area contributed by atoms with Gasteiger partial charge in [0.15, 0.2) is 0 Å². The standard InChI is InChI=1S/C13H18FNS2/c1-8-9(2)17-12(7-16-8)13(15)10-4-3-5-11(14)6-10/h3-6,8-9,12-13H,7,15H2,1-2H3. The van der Waals surface area contributed by atoms with Gasteiger partial charge in [-0.3, -0.25) is 0 Å². The fraction of sp³-hybridized carbons (Fsp3) is 0.538. The van der Waals surface area contributed by atoms with Gasteiger partial charge in [-0.2, -0.15) is 23.5 Å². The summed E-state index contributed by atoms with van der Waals surface area (Å²) in [5, 5.41) is 1.67. The van der Waals surface area contributed by atoms with Gasteiger partial charge in [0, 0.05) is 27.5 Å². The molecule has 0 spiro atoms. The highest BCUT2D eigenvalue weighted by atomic mass is 32.2. The largest absolute Gasteiger partial charge is 0.323 e. The van der Waals surface area contributed by atoms with Gasteiger partial charge in [-0.1, -0.05) is 26.0 Å². The maximum atomic E-state index is 13.2. The first kappa shape index (κ1) is 13.2. The molecule has 1 aliphatic heterocycles. The predicted molar refractivity (Wildman–Crippen MR) is 76.1 cm³/mol. The molecule has 0 saturated carbocycles. The molecule has 1 nitrogen and oxygen atoms in total. The second-order valence-corrected chi connectivity index (χ2v) is 7.53. The Morgan fingerprint density at radius 3 is 2.76 bits per heavy atom. The Bertz CT molecular complexity index is 385. The number of rotatable bonds is 2. The van der Waals surface area contributed by atoms with Crippen molar-refractivity contribution in [1.82, 2.24) is 0 Å². The lowest BCUT2D eigenvalue weighted by atomic mass is 10.1. The molecule has 1 aromatic rings. The van der Waals surface area contributed by atoms with Crippen molar-refractivity contribution in [2.45, 2.75) is 35.6 Å². The zero-order chi connectivity index (χ0) is 12.4. The van der Waals surface area contributed by atoms with E-state index in [1.165, 1.54) is 6.07 Å². The summed E-state index contributed by atoms with van der Waals surface area (Å²) in [5.41, 5.74) is 7.15. The van der Waals surface area contributed by atoms with Crippen LogP contribution in [-0.2, 0) is 0 Å². The summed E-state index contributed by atoms with van der Waals surface area (Å²) in [4.78, 5) is 0. The molecule has 0 aromatic heterocycles. The van der Waals surface area contributed by atoms with Crippen molar-refractivity contribution in [1.29, 1.82) is 0 Å². The third kappa shape index (κ3) is 3.18. The van der Waals surface area contributed by atoms with E-state index in [2.05, 4.69) is 13.8 Å². The second kappa shape index (κ2) is 5.63. The second-order valence-electron chi connectivity index (χ2n) is 4.50. The van der Waals surface area contributed by atoms with Crippen molar-refractivity contribution in [3.05, 3.63) is 35.6 Å². The molecule has 4 heteroatoms. The van der Waals surface area contributed by atoms with Gasteiger partial charge in [0.1, 0.15) is 5.82 Å². The van der Waals surface area contributed by atoms with E-state index >= 15 is 0 Å². The highest BCUT2D eigenvalue weighted by Gasteiger charge is 2.30. The normalized spacial score (nSPS) is 31.2. The van der Waals surface area contributed by atoms with Gasteiger partial charge in [0.2, 0.25) is 0 Å². The number of thioether (sulfide) groups is 2. The molecule has 4 atom stereocenters. The molecular formula is C13H18FNS2. The third-order valence-corrected chi connectivity index (χ3v) is 6.72. The van der Waals surface area contributed by atoms with Gasteiger partial charge in [-0.25, -0.2) is 4.39 Å². The highest BCUT2D eigenvalue weighted by molar-refractivity contribution is 8.07. The van der Waals surface area contributed by atoms with E-state index in [1.54, 1.807) is 12.1 Å². The van der Waals surface area contributed by atoms with E-state index in [-0.39, 0.29) is 11.9 Å². The Morgan fingerprint density at radius 2 is 2.12 bits per heavy atom. The van der Waals surface area contributed by atoms with Crippen molar-refractivity contribution in [2.24, 2.45) is 5.73 Å². The van der Waals surface area contributed by atoms with Crippen molar-refractivity contribution < 1.29 is 4.39 Å². The quantitative estimate of drug-likeness (QED) is 0.892. The first-order chi connectivity index (χ1) is 8.08. The SMILES string of the molecule is CC1SCC(C(N)c2cccc(F)c2)SC1C. The van der Waals surface area contributed by atoms with Gasteiger partial charge in [0.05, 0.1) is 0 Å². The molecule has 2 rings (SSSR count). The molecule has 4 unspecified atom stereocenters. The molecule has 0 radical (unpaired) electrons. The van der Waals surface area contributed by atoms with Crippen molar-refractivity contribution >= 4 is 23.5 Å². The molecule has 1 aliphatic rings. The number of benzene rings is 1. The van der Waals surface area contributed by atoms with Crippen LogP contribution in [0.15, 0.2) is 24.3 Å². The molecule has 1 aromatic carbocycles. The summed E-state index contributed by atoms with van der Waals surface area (Å²) in [5.74, 6) is 0.848. The molecular weight excluding hydrogens is 253 g/mol. The Kier molecular flexibility index (Phi) is 4.39. The fourth-order valence-corrected chi connectivity index (χ4v) is 4.97. The molecule has 0 bridgehead atoms. The van der Waals surface area contributed by atoms with Crippen LogP contribution in [0.25, 0.3) is 0 Å². The lowest BCUT2D eigenvalue weighted by Gasteiger charge is -2.34. The maximum Gasteiger partial charge on any atom is 0.123 e. The topological polar surface area (TPSA) is 26.0 Å². The predicted octanol–water partition coefficient (Wildman–Crippen LogP) is 3.45. The molecule has 1 saturated heterocycles. The summed E-state index contributed by atoms with van der Waals surface area (Å²) in [7, 11) is 0. The van der Waals surface area contributed by atoms with Gasteiger partial charge < -0.3 is 5.73 Å². The minimum absolute atomic E-state index is 0.0712. The van der Waals surface area contributed by atoms with E-state index in [0.29, 0.717) is 15.7 Å². The molecule has 0 amide bonds. The average molecular weight is 271 g/mol. The van der Waals surface area contributed by atoms with E-state index in [0.717, 1.165) is 11.3 Å². The van der Waals surface area contributed by atoms with Crippen LogP contribution in [-0.4, -0.2) is 21.5 Å². The van der Waals surface area contributed by atoms with Crippen LogP contribution < -0.4 is 5.73 Å². The van der Waals surface area contributed by atoms with Crippen LogP contribution in [0.3, 0.4) is 0 Å². The Hall–Kier alpha value is -0.190. The average Bonchev–Trinajstić information content (AvgIpc) is 2.32. The molecule has 0 aliphatic carbocycles. The van der Waals surface area contributed by atoms with Crippen LogP contribution in [0.5, 0.6) is 0 Å². The maximum absolute atomic E-state index is 13.2. The summed E-state index contributed by atoms with van der Waals surface area (Å²) in [6.45, 7) is 4.50. The zero-order valence-corrected chi connectivity index (χ0v) is 11.7. The monoisotopic (exact) mass is 271 g/mol. The molecule has 94 valence electrons. The molecule has 17 heavy (non-hydrogen) atoms. The number of hydrogen-bond donors (Lipinski definition) is 1. The van der Waals surface area contributed by atoms with Crippen LogP contribution in [0.4, 0.5) is 4.39 Å². The zero-order valence-electron chi connectivity index (χ0n) is 10.1. The van der Waals surface area contributed by atoms with E-state index in [9.17, 15) is 4.39 Å². The van der Waals surface area contributed by atoms with E-state index in [4.69, 9.17) is 5.73 Å². The van der Waals surface area contributed by atoms with Gasteiger partial charge in [-0.15, -0.1) is 0 Å². The van der Waals surface area contributed by atoms with Gasteiger partial charge >= 0.3 is 0 Å². The summed E-state index contributed by atoms with van der Waals surface area (Å²) < 4.78 is 13.2. The van der Waals surface area contributed by atoms with Gasteiger partial charge in [-0.05, 0) is 17.7 Å². The van der Waals surface area contributed by atoms with Crippen LogP contribution in [0, 0.1) is 5.82 Å². The van der Waals surface area contributed by atoms with Crippen molar-refractivity contribution in [2.75, 3.05) is 5.75 Å². The minimum Gasteiger partial charge on any atom is -0.323 e. The smallest absolute Gasteiger partial charge is 0.123 e. The number of nitrogens with two attached hydrogens (primary N) is 1. The lowest BCUT2D eigenvalue weighted by molar-refractivity contribution is 0.618. The van der Waals surface area contributed by atoms with Gasteiger partial charge in [0.25, 0.3) is 0 Å². The first-order valence-corrected chi connectivity index (χ1v) is 7.85. The van der Waals surface area contributed by atoms with Crippen molar-refractivity contribution in [3.8, 4) is 0 Å². The Labute approximate surface area is 111 Å². The Morgan fingerprint density at radius 1 is 1.35 bits per heavy atom. The summed E-state index contributed by atoms with van der Waals surface area (Å²) in [6, 6.07) is 6.60.